The third-order valence-corrected chi connectivity index (χ3v) is 3.50. The number of nitrogen functional groups attached to an aromatic ring is 1. The number of aryl methyl sites for hydroxylation is 2. The van der Waals surface area contributed by atoms with Crippen molar-refractivity contribution in [2.75, 3.05) is 5.73 Å². The third kappa shape index (κ3) is 2.29. The summed E-state index contributed by atoms with van der Waals surface area (Å²) in [6.45, 7) is 4.00. The minimum absolute atomic E-state index is 0.120. The molecular formula is C17H15FN2O. The molecule has 0 unspecified atom stereocenters. The van der Waals surface area contributed by atoms with Gasteiger partial charge in [0.05, 0.1) is 5.56 Å². The van der Waals surface area contributed by atoms with Crippen LogP contribution in [0.4, 0.5) is 10.3 Å². The van der Waals surface area contributed by atoms with Crippen molar-refractivity contribution in [3.63, 3.8) is 0 Å². The van der Waals surface area contributed by atoms with Gasteiger partial charge in [-0.25, -0.2) is 4.39 Å². The Morgan fingerprint density at radius 2 is 1.81 bits per heavy atom. The summed E-state index contributed by atoms with van der Waals surface area (Å²) in [6, 6.07) is 12.4. The molecule has 1 heterocycles. The highest BCUT2D eigenvalue weighted by Crippen LogP contribution is 2.38. The number of nitrogens with zero attached hydrogens (tertiary/aromatic N) is 1. The Morgan fingerprint density at radius 1 is 1.05 bits per heavy atom. The van der Waals surface area contributed by atoms with Gasteiger partial charge in [0.15, 0.2) is 0 Å². The monoisotopic (exact) mass is 282 g/mol. The van der Waals surface area contributed by atoms with E-state index >= 15 is 0 Å². The zero-order valence-corrected chi connectivity index (χ0v) is 11.9. The number of nitrogens with two attached hydrogens (primary N) is 1. The molecule has 0 fully saturated rings. The number of anilines is 1. The molecule has 21 heavy (non-hydrogen) atoms. The topological polar surface area (TPSA) is 52.0 Å². The van der Waals surface area contributed by atoms with Crippen LogP contribution >= 0.6 is 0 Å². The second-order valence-electron chi connectivity index (χ2n) is 5.07. The molecule has 4 heteroatoms. The van der Waals surface area contributed by atoms with Crippen LogP contribution in [0.15, 0.2) is 47.0 Å². The minimum atomic E-state index is -0.349. The molecule has 0 radical (unpaired) electrons. The first-order valence-electron chi connectivity index (χ1n) is 6.65. The van der Waals surface area contributed by atoms with Gasteiger partial charge in [0, 0.05) is 11.1 Å². The van der Waals surface area contributed by atoms with Crippen molar-refractivity contribution in [3.05, 3.63) is 59.4 Å². The van der Waals surface area contributed by atoms with E-state index < -0.39 is 0 Å². The highest BCUT2D eigenvalue weighted by molar-refractivity contribution is 5.88. The number of rotatable bonds is 2. The molecule has 2 aromatic carbocycles. The van der Waals surface area contributed by atoms with Gasteiger partial charge in [-0.2, -0.15) is 0 Å². The van der Waals surface area contributed by atoms with E-state index in [0.29, 0.717) is 16.8 Å². The number of aromatic nitrogens is 1. The van der Waals surface area contributed by atoms with Gasteiger partial charge in [-0.15, -0.1) is 0 Å². The molecular weight excluding hydrogens is 267 g/mol. The summed E-state index contributed by atoms with van der Waals surface area (Å²) in [5.41, 5.74) is 10.4. The normalized spacial score (nSPS) is 10.8. The van der Waals surface area contributed by atoms with Crippen LogP contribution in [-0.2, 0) is 0 Å². The fourth-order valence-corrected chi connectivity index (χ4v) is 2.49. The van der Waals surface area contributed by atoms with Gasteiger partial charge in [0.25, 0.3) is 0 Å². The standard InChI is InChI=1S/C17H15FN2O/c1-10-7-8-12(11(2)9-10)16-15(17(19)21-20-16)13-5-3-4-6-14(13)18/h3-9H,19H2,1-2H3. The average Bonchev–Trinajstić information content (AvgIpc) is 2.81. The summed E-state index contributed by atoms with van der Waals surface area (Å²) >= 11 is 0. The lowest BCUT2D eigenvalue weighted by molar-refractivity contribution is 0.439. The first kappa shape index (κ1) is 13.4. The highest BCUT2D eigenvalue weighted by Gasteiger charge is 2.20. The summed E-state index contributed by atoms with van der Waals surface area (Å²) in [5, 5.41) is 4.03. The minimum Gasteiger partial charge on any atom is -0.367 e. The third-order valence-electron chi connectivity index (χ3n) is 3.50. The van der Waals surface area contributed by atoms with Crippen LogP contribution in [-0.4, -0.2) is 5.16 Å². The maximum Gasteiger partial charge on any atom is 0.230 e. The first-order valence-corrected chi connectivity index (χ1v) is 6.65. The molecule has 0 saturated heterocycles. The molecule has 0 aliphatic rings. The molecule has 0 aliphatic heterocycles. The van der Waals surface area contributed by atoms with Crippen LogP contribution in [0.5, 0.6) is 0 Å². The molecule has 106 valence electrons. The Kier molecular flexibility index (Phi) is 3.22. The zero-order chi connectivity index (χ0) is 15.0. The zero-order valence-electron chi connectivity index (χ0n) is 11.9. The van der Waals surface area contributed by atoms with E-state index in [0.717, 1.165) is 16.7 Å². The second kappa shape index (κ2) is 5.05. The molecule has 2 N–H and O–H groups in total. The molecule has 0 aliphatic carbocycles. The lowest BCUT2D eigenvalue weighted by Crippen LogP contribution is -1.92. The summed E-state index contributed by atoms with van der Waals surface area (Å²) in [5.74, 6) is -0.228. The van der Waals surface area contributed by atoms with E-state index in [-0.39, 0.29) is 11.7 Å². The Bertz CT molecular complexity index is 808. The fourth-order valence-electron chi connectivity index (χ4n) is 2.49. The van der Waals surface area contributed by atoms with Gasteiger partial charge in [-0.1, -0.05) is 47.1 Å². The van der Waals surface area contributed by atoms with Gasteiger partial charge < -0.3 is 10.3 Å². The summed E-state index contributed by atoms with van der Waals surface area (Å²) in [7, 11) is 0. The second-order valence-corrected chi connectivity index (χ2v) is 5.07. The summed E-state index contributed by atoms with van der Waals surface area (Å²) in [6.07, 6.45) is 0. The molecule has 0 amide bonds. The predicted octanol–water partition coefficient (Wildman–Crippen LogP) is 4.35. The van der Waals surface area contributed by atoms with Crippen molar-refractivity contribution in [1.82, 2.24) is 5.16 Å². The Morgan fingerprint density at radius 3 is 2.52 bits per heavy atom. The lowest BCUT2D eigenvalue weighted by atomic mass is 9.96. The molecule has 0 saturated carbocycles. The van der Waals surface area contributed by atoms with E-state index in [4.69, 9.17) is 10.3 Å². The van der Waals surface area contributed by atoms with Crippen LogP contribution < -0.4 is 5.73 Å². The van der Waals surface area contributed by atoms with Crippen molar-refractivity contribution in [2.45, 2.75) is 13.8 Å². The quantitative estimate of drug-likeness (QED) is 0.760. The van der Waals surface area contributed by atoms with Crippen LogP contribution in [0.1, 0.15) is 11.1 Å². The van der Waals surface area contributed by atoms with E-state index in [1.54, 1.807) is 18.2 Å². The van der Waals surface area contributed by atoms with Gasteiger partial charge in [0.1, 0.15) is 11.5 Å². The fraction of sp³-hybridized carbons (Fsp3) is 0.118. The molecule has 3 rings (SSSR count). The maximum atomic E-state index is 14.1. The van der Waals surface area contributed by atoms with Crippen molar-refractivity contribution in [2.24, 2.45) is 0 Å². The van der Waals surface area contributed by atoms with Crippen molar-refractivity contribution >= 4 is 5.88 Å². The maximum absolute atomic E-state index is 14.1. The number of halogens is 1. The van der Waals surface area contributed by atoms with Gasteiger partial charge in [-0.3, -0.25) is 0 Å². The molecule has 3 aromatic rings. The number of benzene rings is 2. The number of hydrogen-bond donors (Lipinski definition) is 1. The van der Waals surface area contributed by atoms with Crippen molar-refractivity contribution < 1.29 is 8.91 Å². The van der Waals surface area contributed by atoms with E-state index in [1.807, 2.05) is 32.0 Å². The van der Waals surface area contributed by atoms with Gasteiger partial charge >= 0.3 is 0 Å². The molecule has 0 atom stereocenters. The smallest absolute Gasteiger partial charge is 0.230 e. The highest BCUT2D eigenvalue weighted by atomic mass is 19.1. The molecule has 3 nitrogen and oxygen atoms in total. The Hall–Kier alpha value is -2.62. The lowest BCUT2D eigenvalue weighted by Gasteiger charge is -2.07. The van der Waals surface area contributed by atoms with E-state index in [2.05, 4.69) is 5.16 Å². The molecule has 1 aromatic heterocycles. The SMILES string of the molecule is Cc1ccc(-c2noc(N)c2-c2ccccc2F)c(C)c1. The predicted molar refractivity (Wildman–Crippen MR) is 81.2 cm³/mol. The van der Waals surface area contributed by atoms with Crippen molar-refractivity contribution in [3.8, 4) is 22.4 Å². The molecule has 0 bridgehead atoms. The van der Waals surface area contributed by atoms with Gasteiger partial charge in [0.2, 0.25) is 5.88 Å². The summed E-state index contributed by atoms with van der Waals surface area (Å²) < 4.78 is 19.2. The largest absolute Gasteiger partial charge is 0.367 e. The van der Waals surface area contributed by atoms with E-state index in [9.17, 15) is 4.39 Å². The van der Waals surface area contributed by atoms with Gasteiger partial charge in [-0.05, 0) is 25.5 Å². The Labute approximate surface area is 122 Å². The van der Waals surface area contributed by atoms with Crippen molar-refractivity contribution in [1.29, 1.82) is 0 Å². The van der Waals surface area contributed by atoms with Crippen LogP contribution in [0.3, 0.4) is 0 Å². The van der Waals surface area contributed by atoms with Crippen LogP contribution in [0.25, 0.3) is 22.4 Å². The van der Waals surface area contributed by atoms with E-state index in [1.165, 1.54) is 6.07 Å². The average molecular weight is 282 g/mol. The first-order chi connectivity index (χ1) is 10.1. The Balaban J connectivity index is 2.25. The van der Waals surface area contributed by atoms with Crippen LogP contribution in [0, 0.1) is 19.7 Å². The number of hydrogen-bond acceptors (Lipinski definition) is 3. The van der Waals surface area contributed by atoms with Crippen LogP contribution in [0.2, 0.25) is 0 Å². The summed E-state index contributed by atoms with van der Waals surface area (Å²) in [4.78, 5) is 0. The molecule has 0 spiro atoms.